The third-order valence-corrected chi connectivity index (χ3v) is 3.05. The number of carbonyl (C=O) groups excluding carboxylic acids is 1. The van der Waals surface area contributed by atoms with E-state index in [2.05, 4.69) is 26.0 Å². The van der Waals surface area contributed by atoms with Crippen LogP contribution in [0.5, 0.6) is 0 Å². The van der Waals surface area contributed by atoms with Gasteiger partial charge in [-0.2, -0.15) is 0 Å². The molecule has 0 heterocycles. The van der Waals surface area contributed by atoms with Gasteiger partial charge in [-0.25, -0.2) is 0 Å². The number of allylic oxidation sites excluding steroid dienone is 2. The number of benzene rings is 1. The fraction of sp³-hybridized carbons (Fsp3) is 0.357. The van der Waals surface area contributed by atoms with Crippen LogP contribution in [-0.2, 0) is 6.42 Å². The lowest BCUT2D eigenvalue weighted by Crippen LogP contribution is -2.03. The number of ketones is 1. The Kier molecular flexibility index (Phi) is 2.47. The Hall–Kier alpha value is -1.37. The molecule has 2 rings (SSSR count). The molecule has 0 aliphatic heterocycles. The maximum atomic E-state index is 11.8. The summed E-state index contributed by atoms with van der Waals surface area (Å²) < 4.78 is 0. The van der Waals surface area contributed by atoms with Crippen LogP contribution in [0.1, 0.15) is 47.3 Å². The highest BCUT2D eigenvalue weighted by atomic mass is 16.1. The molecule has 15 heavy (non-hydrogen) atoms. The second kappa shape index (κ2) is 3.65. The Bertz CT molecular complexity index is 453. The number of rotatable bonds is 2. The predicted octanol–water partition coefficient (Wildman–Crippen LogP) is 3.55. The number of aryl methyl sites for hydroxylation is 1. The second-order valence-electron chi connectivity index (χ2n) is 4.21. The van der Waals surface area contributed by atoms with E-state index >= 15 is 0 Å². The molecule has 0 fully saturated rings. The minimum Gasteiger partial charge on any atom is -0.294 e. The van der Waals surface area contributed by atoms with Gasteiger partial charge < -0.3 is 0 Å². The monoisotopic (exact) mass is 200 g/mol. The van der Waals surface area contributed by atoms with E-state index in [4.69, 9.17) is 0 Å². The Morgan fingerprint density at radius 2 is 2.07 bits per heavy atom. The van der Waals surface area contributed by atoms with Gasteiger partial charge in [-0.1, -0.05) is 19.1 Å². The van der Waals surface area contributed by atoms with E-state index in [1.165, 1.54) is 22.3 Å². The molecule has 0 atom stereocenters. The molecule has 0 saturated carbocycles. The van der Waals surface area contributed by atoms with Gasteiger partial charge in [0.25, 0.3) is 0 Å². The molecule has 0 unspecified atom stereocenters. The molecule has 0 aromatic heterocycles. The third-order valence-electron chi connectivity index (χ3n) is 3.05. The average molecular weight is 200 g/mol. The smallest absolute Gasteiger partial charge is 0.162 e. The van der Waals surface area contributed by atoms with Crippen LogP contribution in [0.25, 0.3) is 5.57 Å². The minimum atomic E-state index is 0.262. The molecule has 0 N–H and O–H groups in total. The maximum Gasteiger partial charge on any atom is 0.162 e. The lowest BCUT2D eigenvalue weighted by molar-refractivity contribution is 0.0987. The van der Waals surface area contributed by atoms with Crippen LogP contribution < -0.4 is 0 Å². The van der Waals surface area contributed by atoms with Gasteiger partial charge in [0, 0.05) is 12.0 Å². The molecule has 0 saturated heterocycles. The average Bonchev–Trinajstić information content (AvgIpc) is 2.58. The summed E-state index contributed by atoms with van der Waals surface area (Å²) in [5, 5.41) is 0. The summed E-state index contributed by atoms with van der Waals surface area (Å²) in [6.07, 6.45) is 3.72. The first-order valence-corrected chi connectivity index (χ1v) is 5.47. The normalized spacial score (nSPS) is 13.7. The van der Waals surface area contributed by atoms with Gasteiger partial charge in [0.15, 0.2) is 5.78 Å². The largest absolute Gasteiger partial charge is 0.294 e. The predicted molar refractivity (Wildman–Crippen MR) is 63.2 cm³/mol. The molecule has 0 spiro atoms. The van der Waals surface area contributed by atoms with Gasteiger partial charge in [0.2, 0.25) is 0 Å². The second-order valence-corrected chi connectivity index (χ2v) is 4.21. The molecule has 0 bridgehead atoms. The van der Waals surface area contributed by atoms with Crippen molar-refractivity contribution in [2.45, 2.75) is 33.6 Å². The molecule has 1 aliphatic rings. The highest BCUT2D eigenvalue weighted by Gasteiger charge is 2.18. The summed E-state index contributed by atoms with van der Waals surface area (Å²) in [4.78, 5) is 11.8. The van der Waals surface area contributed by atoms with E-state index in [0.29, 0.717) is 6.42 Å². The molecule has 0 radical (unpaired) electrons. The number of hydrogen-bond acceptors (Lipinski definition) is 1. The molecule has 1 aromatic rings. The van der Waals surface area contributed by atoms with Crippen molar-refractivity contribution in [3.8, 4) is 0 Å². The first-order chi connectivity index (χ1) is 7.13. The lowest BCUT2D eigenvalue weighted by atomic mass is 9.94. The van der Waals surface area contributed by atoms with E-state index in [9.17, 15) is 4.79 Å². The van der Waals surface area contributed by atoms with Gasteiger partial charge >= 0.3 is 0 Å². The van der Waals surface area contributed by atoms with Crippen LogP contribution in [0.4, 0.5) is 0 Å². The van der Waals surface area contributed by atoms with E-state index < -0.39 is 0 Å². The van der Waals surface area contributed by atoms with Crippen LogP contribution in [-0.4, -0.2) is 5.78 Å². The first kappa shape index (κ1) is 10.2. The van der Waals surface area contributed by atoms with Crippen molar-refractivity contribution in [3.05, 3.63) is 40.5 Å². The topological polar surface area (TPSA) is 17.1 Å². The van der Waals surface area contributed by atoms with E-state index in [1.54, 1.807) is 0 Å². The number of fused-ring (bicyclic) bond motifs is 1. The van der Waals surface area contributed by atoms with Gasteiger partial charge in [-0.05, 0) is 48.6 Å². The zero-order chi connectivity index (χ0) is 11.0. The van der Waals surface area contributed by atoms with Crippen molar-refractivity contribution in [1.82, 2.24) is 0 Å². The van der Waals surface area contributed by atoms with E-state index in [0.717, 1.165) is 12.0 Å². The number of carbonyl (C=O) groups is 1. The molecule has 78 valence electrons. The first-order valence-electron chi connectivity index (χ1n) is 5.47. The lowest BCUT2D eigenvalue weighted by Gasteiger charge is -2.09. The summed E-state index contributed by atoms with van der Waals surface area (Å²) in [5.74, 6) is 0.262. The highest BCUT2D eigenvalue weighted by Crippen LogP contribution is 2.31. The molecule has 1 nitrogen and oxygen atoms in total. The zero-order valence-corrected chi connectivity index (χ0v) is 9.55. The molecule has 1 aliphatic carbocycles. The Morgan fingerprint density at radius 3 is 2.73 bits per heavy atom. The van der Waals surface area contributed by atoms with Crippen molar-refractivity contribution in [3.63, 3.8) is 0 Å². The van der Waals surface area contributed by atoms with Gasteiger partial charge in [-0.3, -0.25) is 4.79 Å². The Balaban J connectivity index is 2.60. The summed E-state index contributed by atoms with van der Waals surface area (Å²) >= 11 is 0. The molecule has 1 heteroatoms. The van der Waals surface area contributed by atoms with Crippen molar-refractivity contribution in [2.75, 3.05) is 0 Å². The van der Waals surface area contributed by atoms with Gasteiger partial charge in [0.1, 0.15) is 0 Å². The molecular weight excluding hydrogens is 184 g/mol. The Labute approximate surface area is 90.8 Å². The Morgan fingerprint density at radius 1 is 1.33 bits per heavy atom. The van der Waals surface area contributed by atoms with Gasteiger partial charge in [0.05, 0.1) is 0 Å². The summed E-state index contributed by atoms with van der Waals surface area (Å²) in [6.45, 7) is 6.09. The minimum absolute atomic E-state index is 0.262. The zero-order valence-electron chi connectivity index (χ0n) is 9.55. The van der Waals surface area contributed by atoms with Crippen molar-refractivity contribution in [2.24, 2.45) is 0 Å². The molecular formula is C14H16O. The summed E-state index contributed by atoms with van der Waals surface area (Å²) in [7, 11) is 0. The van der Waals surface area contributed by atoms with Crippen LogP contribution in [0.15, 0.2) is 18.2 Å². The maximum absolute atomic E-state index is 11.8. The van der Waals surface area contributed by atoms with Crippen molar-refractivity contribution in [1.29, 1.82) is 0 Å². The van der Waals surface area contributed by atoms with Crippen molar-refractivity contribution < 1.29 is 4.79 Å². The van der Waals surface area contributed by atoms with Crippen LogP contribution in [0.3, 0.4) is 0 Å². The summed E-state index contributed by atoms with van der Waals surface area (Å²) in [6, 6.07) is 4.21. The van der Waals surface area contributed by atoms with Crippen LogP contribution >= 0.6 is 0 Å². The van der Waals surface area contributed by atoms with E-state index in [-0.39, 0.29) is 5.78 Å². The van der Waals surface area contributed by atoms with E-state index in [1.807, 2.05) is 13.0 Å². The fourth-order valence-electron chi connectivity index (χ4n) is 2.19. The SMILES string of the molecule is CCC(=O)c1cc(C)cc2c1CC=C2C. The third kappa shape index (κ3) is 1.63. The number of Topliss-reactive ketones (excluding diaryl/α,β-unsaturated/α-hetero) is 1. The fourth-order valence-corrected chi connectivity index (χ4v) is 2.19. The quantitative estimate of drug-likeness (QED) is 0.667. The molecule has 1 aromatic carbocycles. The van der Waals surface area contributed by atoms with Gasteiger partial charge in [-0.15, -0.1) is 0 Å². The standard InChI is InChI=1S/C14H16O/c1-4-14(15)13-8-9(2)7-12-10(3)5-6-11(12)13/h5,7-8H,4,6H2,1-3H3. The summed E-state index contributed by atoms with van der Waals surface area (Å²) in [5.41, 5.74) is 5.91. The van der Waals surface area contributed by atoms with Crippen LogP contribution in [0.2, 0.25) is 0 Å². The highest BCUT2D eigenvalue weighted by molar-refractivity contribution is 5.99. The number of hydrogen-bond donors (Lipinski definition) is 0. The van der Waals surface area contributed by atoms with Crippen molar-refractivity contribution >= 4 is 11.4 Å². The van der Waals surface area contributed by atoms with Crippen LogP contribution in [0, 0.1) is 6.92 Å². The molecule has 0 amide bonds.